The fourth-order valence-corrected chi connectivity index (χ4v) is 2.58. The Labute approximate surface area is 99.7 Å². The molecule has 1 aliphatic carbocycles. The lowest BCUT2D eigenvalue weighted by Crippen LogP contribution is -2.45. The van der Waals surface area contributed by atoms with Crippen molar-refractivity contribution >= 4 is 28.9 Å². The lowest BCUT2D eigenvalue weighted by molar-refractivity contribution is -0.120. The van der Waals surface area contributed by atoms with Gasteiger partial charge in [-0.05, 0) is 31.0 Å². The van der Waals surface area contributed by atoms with Crippen molar-refractivity contribution in [2.75, 3.05) is 0 Å². The van der Waals surface area contributed by atoms with Crippen LogP contribution < -0.4 is 5.32 Å². The molecule has 0 saturated heterocycles. The van der Waals surface area contributed by atoms with Crippen LogP contribution in [0.25, 0.3) is 0 Å². The molecule has 1 atom stereocenters. The zero-order valence-electron chi connectivity index (χ0n) is 8.90. The Morgan fingerprint density at radius 2 is 2.06 bits per heavy atom. The van der Waals surface area contributed by atoms with E-state index in [9.17, 15) is 4.79 Å². The first-order valence-corrected chi connectivity index (χ1v) is 5.96. The van der Waals surface area contributed by atoms with Gasteiger partial charge in [0.15, 0.2) is 11.0 Å². The number of nitriles is 1. The van der Waals surface area contributed by atoms with E-state index in [1.54, 1.807) is 0 Å². The van der Waals surface area contributed by atoms with Gasteiger partial charge in [0.25, 0.3) is 0 Å². The van der Waals surface area contributed by atoms with Gasteiger partial charge in [-0.2, -0.15) is 5.26 Å². The molecule has 5 heteroatoms. The minimum Gasteiger partial charge on any atom is -0.300 e. The van der Waals surface area contributed by atoms with E-state index in [-0.39, 0.29) is 16.9 Å². The Kier molecular flexibility index (Phi) is 3.30. The molecule has 1 saturated carbocycles. The second kappa shape index (κ2) is 4.71. The largest absolute Gasteiger partial charge is 0.300 e. The zero-order valence-corrected chi connectivity index (χ0v) is 9.72. The molecule has 0 unspecified atom stereocenters. The lowest BCUT2D eigenvalue weighted by atomic mass is 9.80. The SMILES string of the molecule is N#C[C@@H]1C(=O)NC(=S)N=C1C1CCCCC1. The normalized spacial score (nSPS) is 26.9. The predicted octanol–water partition coefficient (Wildman–Crippen LogP) is 1.56. The number of nitrogens with zero attached hydrogens (tertiary/aromatic N) is 2. The molecule has 0 aromatic heterocycles. The first-order chi connectivity index (χ1) is 7.72. The molecule has 1 N–H and O–H groups in total. The van der Waals surface area contributed by atoms with Gasteiger partial charge in [0.2, 0.25) is 5.91 Å². The summed E-state index contributed by atoms with van der Waals surface area (Å²) < 4.78 is 0. The minimum atomic E-state index is -0.741. The predicted molar refractivity (Wildman–Crippen MR) is 63.9 cm³/mol. The second-order valence-electron chi connectivity index (χ2n) is 4.23. The van der Waals surface area contributed by atoms with Crippen LogP contribution >= 0.6 is 12.2 Å². The molecule has 2 rings (SSSR count). The van der Waals surface area contributed by atoms with Gasteiger partial charge >= 0.3 is 0 Å². The number of hydrogen-bond donors (Lipinski definition) is 1. The molecule has 0 bridgehead atoms. The number of hydrogen-bond acceptors (Lipinski definition) is 3. The average Bonchev–Trinajstić information content (AvgIpc) is 2.29. The Morgan fingerprint density at radius 3 is 2.69 bits per heavy atom. The van der Waals surface area contributed by atoms with Gasteiger partial charge in [-0.15, -0.1) is 0 Å². The number of nitrogens with one attached hydrogen (secondary N) is 1. The summed E-state index contributed by atoms with van der Waals surface area (Å²) in [6, 6.07) is 2.02. The lowest BCUT2D eigenvalue weighted by Gasteiger charge is -2.27. The maximum absolute atomic E-state index is 11.6. The third-order valence-electron chi connectivity index (χ3n) is 3.17. The summed E-state index contributed by atoms with van der Waals surface area (Å²) >= 11 is 4.90. The molecule has 1 amide bonds. The van der Waals surface area contributed by atoms with E-state index >= 15 is 0 Å². The minimum absolute atomic E-state index is 0.206. The maximum Gasteiger partial charge on any atom is 0.249 e. The smallest absolute Gasteiger partial charge is 0.249 e. The van der Waals surface area contributed by atoms with Gasteiger partial charge < -0.3 is 0 Å². The average molecular weight is 235 g/mol. The monoisotopic (exact) mass is 235 g/mol. The van der Waals surface area contributed by atoms with Gasteiger partial charge in [0, 0.05) is 0 Å². The van der Waals surface area contributed by atoms with Crippen LogP contribution in [0.1, 0.15) is 32.1 Å². The Bertz CT molecular complexity index is 391. The van der Waals surface area contributed by atoms with Crippen molar-refractivity contribution in [3.8, 4) is 6.07 Å². The highest BCUT2D eigenvalue weighted by Gasteiger charge is 2.34. The van der Waals surface area contributed by atoms with Crippen LogP contribution in [0.15, 0.2) is 4.99 Å². The number of carbonyl (C=O) groups is 1. The standard InChI is InChI=1S/C11H13N3OS/c12-6-8-9(7-4-2-1-3-5-7)13-11(16)14-10(8)15/h7-8H,1-5H2,(H,14,15,16)/t8-/m0/s1. The van der Waals surface area contributed by atoms with E-state index in [0.29, 0.717) is 5.71 Å². The number of aliphatic imine (C=N–C) groups is 1. The van der Waals surface area contributed by atoms with E-state index in [2.05, 4.69) is 10.3 Å². The summed E-state index contributed by atoms with van der Waals surface area (Å²) in [5.74, 6) is -0.791. The summed E-state index contributed by atoms with van der Waals surface area (Å²) in [5, 5.41) is 11.7. The maximum atomic E-state index is 11.6. The highest BCUT2D eigenvalue weighted by atomic mass is 32.1. The molecule has 1 aliphatic heterocycles. The summed E-state index contributed by atoms with van der Waals surface area (Å²) in [4.78, 5) is 15.8. The number of carbonyl (C=O) groups excluding carboxylic acids is 1. The fraction of sp³-hybridized carbons (Fsp3) is 0.636. The Morgan fingerprint density at radius 1 is 1.38 bits per heavy atom. The molecular formula is C11H13N3OS. The molecule has 16 heavy (non-hydrogen) atoms. The third-order valence-corrected chi connectivity index (χ3v) is 3.36. The van der Waals surface area contributed by atoms with Crippen molar-refractivity contribution in [3.63, 3.8) is 0 Å². The summed E-state index contributed by atoms with van der Waals surface area (Å²) in [5.41, 5.74) is 0.691. The van der Waals surface area contributed by atoms with Crippen molar-refractivity contribution < 1.29 is 4.79 Å². The van der Waals surface area contributed by atoms with E-state index < -0.39 is 5.92 Å². The first-order valence-electron chi connectivity index (χ1n) is 5.55. The fourth-order valence-electron chi connectivity index (χ4n) is 2.37. The molecule has 0 spiro atoms. The van der Waals surface area contributed by atoms with Gasteiger partial charge in [-0.3, -0.25) is 10.1 Å². The zero-order chi connectivity index (χ0) is 11.5. The molecular weight excluding hydrogens is 222 g/mol. The van der Waals surface area contributed by atoms with Gasteiger partial charge in [-0.25, -0.2) is 4.99 Å². The number of rotatable bonds is 1. The van der Waals surface area contributed by atoms with E-state index in [0.717, 1.165) is 25.7 Å². The van der Waals surface area contributed by atoms with Crippen LogP contribution in [0.5, 0.6) is 0 Å². The Balaban J connectivity index is 2.25. The molecule has 84 valence electrons. The van der Waals surface area contributed by atoms with Gasteiger partial charge in [-0.1, -0.05) is 19.3 Å². The third kappa shape index (κ3) is 2.12. The Hall–Kier alpha value is -1.28. The topological polar surface area (TPSA) is 65.2 Å². The molecule has 0 radical (unpaired) electrons. The molecule has 1 heterocycles. The first kappa shape index (κ1) is 11.2. The van der Waals surface area contributed by atoms with Crippen LogP contribution in [-0.2, 0) is 4.79 Å². The summed E-state index contributed by atoms with van der Waals surface area (Å²) in [6.07, 6.45) is 5.57. The van der Waals surface area contributed by atoms with Crippen LogP contribution in [0, 0.1) is 23.2 Å². The quantitative estimate of drug-likeness (QED) is 0.701. The van der Waals surface area contributed by atoms with Crippen LogP contribution in [0.2, 0.25) is 0 Å². The van der Waals surface area contributed by atoms with Crippen LogP contribution in [0.3, 0.4) is 0 Å². The number of thiocarbonyl (C=S) groups is 1. The molecule has 4 nitrogen and oxygen atoms in total. The van der Waals surface area contributed by atoms with E-state index in [1.165, 1.54) is 6.42 Å². The summed E-state index contributed by atoms with van der Waals surface area (Å²) in [7, 11) is 0. The van der Waals surface area contributed by atoms with Gasteiger partial charge in [0.05, 0.1) is 11.8 Å². The van der Waals surface area contributed by atoms with E-state index in [1.807, 2.05) is 6.07 Å². The van der Waals surface area contributed by atoms with Crippen molar-refractivity contribution in [2.24, 2.45) is 16.8 Å². The van der Waals surface area contributed by atoms with Crippen molar-refractivity contribution in [3.05, 3.63) is 0 Å². The van der Waals surface area contributed by atoms with Gasteiger partial charge in [0.1, 0.15) is 0 Å². The molecule has 1 fully saturated rings. The molecule has 2 aliphatic rings. The van der Waals surface area contributed by atoms with Crippen molar-refractivity contribution in [1.29, 1.82) is 5.26 Å². The highest BCUT2D eigenvalue weighted by molar-refractivity contribution is 7.80. The molecule has 0 aromatic rings. The number of amides is 1. The van der Waals surface area contributed by atoms with Crippen LogP contribution in [-0.4, -0.2) is 16.7 Å². The highest BCUT2D eigenvalue weighted by Crippen LogP contribution is 2.28. The molecule has 0 aromatic carbocycles. The van der Waals surface area contributed by atoms with E-state index in [4.69, 9.17) is 17.5 Å². The van der Waals surface area contributed by atoms with Crippen LogP contribution in [0.4, 0.5) is 0 Å². The van der Waals surface area contributed by atoms with Crippen molar-refractivity contribution in [1.82, 2.24) is 5.32 Å². The van der Waals surface area contributed by atoms with Crippen molar-refractivity contribution in [2.45, 2.75) is 32.1 Å². The summed E-state index contributed by atoms with van der Waals surface area (Å²) in [6.45, 7) is 0. The second-order valence-corrected chi connectivity index (χ2v) is 4.61.